The van der Waals surface area contributed by atoms with Gasteiger partial charge in [-0.05, 0) is 43.1 Å². The number of fused-ring (bicyclic) bond motifs is 1. The number of imidazole rings is 1. The lowest BCUT2D eigenvalue weighted by atomic mass is 10.0. The van der Waals surface area contributed by atoms with Gasteiger partial charge in [-0.25, -0.2) is 4.98 Å². The van der Waals surface area contributed by atoms with E-state index in [1.807, 2.05) is 0 Å². The molecule has 1 atom stereocenters. The molecule has 26 heavy (non-hydrogen) atoms. The normalized spacial score (nSPS) is 18.5. The molecule has 5 heteroatoms. The monoisotopic (exact) mass is 431 g/mol. The fraction of sp³-hybridized carbons (Fsp3) is 0.381. The zero-order valence-electron chi connectivity index (χ0n) is 14.7. The van der Waals surface area contributed by atoms with Crippen molar-refractivity contribution in [2.75, 3.05) is 19.0 Å². The molecular formula is C21H23BrClN3. The second-order valence-corrected chi connectivity index (χ2v) is 8.28. The Labute approximate surface area is 168 Å². The van der Waals surface area contributed by atoms with E-state index >= 15 is 0 Å². The highest BCUT2D eigenvalue weighted by Gasteiger charge is 2.25. The van der Waals surface area contributed by atoms with Gasteiger partial charge in [0.1, 0.15) is 5.82 Å². The number of hydrogen-bond acceptors (Lipinski definition) is 2. The third-order valence-corrected chi connectivity index (χ3v) is 5.82. The topological polar surface area (TPSA) is 21.1 Å². The molecular weight excluding hydrogens is 410 g/mol. The van der Waals surface area contributed by atoms with Crippen molar-refractivity contribution >= 4 is 38.6 Å². The van der Waals surface area contributed by atoms with Gasteiger partial charge < -0.3 is 4.57 Å². The lowest BCUT2D eigenvalue weighted by Gasteiger charge is -2.34. The smallest absolute Gasteiger partial charge is 0.111 e. The molecule has 3 nitrogen and oxygen atoms in total. The van der Waals surface area contributed by atoms with Crippen LogP contribution in [-0.2, 0) is 13.0 Å². The largest absolute Gasteiger partial charge is 0.323 e. The maximum atomic E-state index is 6.07. The number of halogens is 2. The van der Waals surface area contributed by atoms with E-state index in [1.165, 1.54) is 23.9 Å². The Morgan fingerprint density at radius 1 is 1.15 bits per heavy atom. The predicted octanol–water partition coefficient (Wildman–Crippen LogP) is 5.42. The molecule has 1 aromatic heterocycles. The summed E-state index contributed by atoms with van der Waals surface area (Å²) in [6.07, 6.45) is 3.22. The van der Waals surface area contributed by atoms with Crippen molar-refractivity contribution in [1.29, 1.82) is 0 Å². The van der Waals surface area contributed by atoms with Gasteiger partial charge in [0.2, 0.25) is 0 Å². The SMILES string of the molecule is ClCCc1nc2ccc(Br)cc2n1C1CCCN(Cc2ccccc2)C1. The highest BCUT2D eigenvalue weighted by atomic mass is 79.9. The van der Waals surface area contributed by atoms with Crippen LogP contribution in [0.25, 0.3) is 11.0 Å². The van der Waals surface area contributed by atoms with E-state index in [0.717, 1.165) is 41.9 Å². The Kier molecular flexibility index (Phi) is 5.63. The molecule has 1 aliphatic heterocycles. The minimum atomic E-state index is 0.449. The summed E-state index contributed by atoms with van der Waals surface area (Å²) in [4.78, 5) is 7.43. The first-order valence-electron chi connectivity index (χ1n) is 9.23. The Morgan fingerprint density at radius 3 is 2.81 bits per heavy atom. The van der Waals surface area contributed by atoms with E-state index in [0.29, 0.717) is 11.9 Å². The average Bonchev–Trinajstić information content (AvgIpc) is 3.00. The third-order valence-electron chi connectivity index (χ3n) is 5.14. The number of likely N-dealkylation sites (tertiary alicyclic amines) is 1. The molecule has 0 aliphatic carbocycles. The summed E-state index contributed by atoms with van der Waals surface area (Å²) >= 11 is 9.69. The van der Waals surface area contributed by atoms with Gasteiger partial charge in [-0.15, -0.1) is 11.6 Å². The van der Waals surface area contributed by atoms with Gasteiger partial charge >= 0.3 is 0 Å². The highest BCUT2D eigenvalue weighted by Crippen LogP contribution is 2.30. The summed E-state index contributed by atoms with van der Waals surface area (Å²) in [5.74, 6) is 1.71. The van der Waals surface area contributed by atoms with E-state index in [2.05, 4.69) is 73.9 Å². The van der Waals surface area contributed by atoms with Gasteiger partial charge in [-0.3, -0.25) is 4.90 Å². The zero-order chi connectivity index (χ0) is 17.9. The van der Waals surface area contributed by atoms with E-state index in [9.17, 15) is 0 Å². The average molecular weight is 433 g/mol. The van der Waals surface area contributed by atoms with Gasteiger partial charge in [0.25, 0.3) is 0 Å². The predicted molar refractivity (Wildman–Crippen MR) is 112 cm³/mol. The van der Waals surface area contributed by atoms with Gasteiger partial charge in [-0.1, -0.05) is 46.3 Å². The van der Waals surface area contributed by atoms with Crippen LogP contribution in [0.15, 0.2) is 53.0 Å². The second-order valence-electron chi connectivity index (χ2n) is 6.99. The van der Waals surface area contributed by atoms with Crippen LogP contribution >= 0.6 is 27.5 Å². The lowest BCUT2D eigenvalue weighted by Crippen LogP contribution is -2.36. The first-order chi connectivity index (χ1) is 12.7. The number of rotatable bonds is 5. The van der Waals surface area contributed by atoms with Gasteiger partial charge in [0, 0.05) is 35.9 Å². The number of alkyl halides is 1. The van der Waals surface area contributed by atoms with E-state index in [4.69, 9.17) is 16.6 Å². The summed E-state index contributed by atoms with van der Waals surface area (Å²) < 4.78 is 3.54. The number of hydrogen-bond donors (Lipinski definition) is 0. The van der Waals surface area contributed by atoms with Crippen molar-refractivity contribution in [1.82, 2.24) is 14.5 Å². The van der Waals surface area contributed by atoms with Crippen molar-refractivity contribution in [2.45, 2.75) is 31.8 Å². The molecule has 2 aromatic carbocycles. The van der Waals surface area contributed by atoms with Crippen molar-refractivity contribution in [3.63, 3.8) is 0 Å². The minimum Gasteiger partial charge on any atom is -0.323 e. The molecule has 0 N–H and O–H groups in total. The number of benzene rings is 2. The van der Waals surface area contributed by atoms with Crippen LogP contribution in [0.3, 0.4) is 0 Å². The number of nitrogens with zero attached hydrogens (tertiary/aromatic N) is 3. The van der Waals surface area contributed by atoms with Crippen LogP contribution in [0.4, 0.5) is 0 Å². The quantitative estimate of drug-likeness (QED) is 0.502. The second kappa shape index (κ2) is 8.12. The Bertz CT molecular complexity index is 878. The molecule has 1 saturated heterocycles. The molecule has 0 amide bonds. The molecule has 136 valence electrons. The first kappa shape index (κ1) is 18.0. The Morgan fingerprint density at radius 2 is 2.00 bits per heavy atom. The molecule has 4 rings (SSSR count). The van der Waals surface area contributed by atoms with Crippen molar-refractivity contribution in [3.8, 4) is 0 Å². The zero-order valence-corrected chi connectivity index (χ0v) is 17.1. The number of aromatic nitrogens is 2. The van der Waals surface area contributed by atoms with Crippen molar-refractivity contribution in [3.05, 3.63) is 64.4 Å². The van der Waals surface area contributed by atoms with E-state index in [1.54, 1.807) is 0 Å². The molecule has 2 heterocycles. The Hall–Kier alpha value is -1.36. The summed E-state index contributed by atoms with van der Waals surface area (Å²) in [5.41, 5.74) is 3.66. The summed E-state index contributed by atoms with van der Waals surface area (Å²) in [5, 5.41) is 0. The lowest BCUT2D eigenvalue weighted by molar-refractivity contribution is 0.170. The van der Waals surface area contributed by atoms with Crippen LogP contribution < -0.4 is 0 Å². The van der Waals surface area contributed by atoms with E-state index in [-0.39, 0.29) is 0 Å². The highest BCUT2D eigenvalue weighted by molar-refractivity contribution is 9.10. The minimum absolute atomic E-state index is 0.449. The maximum absolute atomic E-state index is 6.07. The third kappa shape index (κ3) is 3.83. The fourth-order valence-corrected chi connectivity index (χ4v) is 4.53. The molecule has 1 fully saturated rings. The number of piperidine rings is 1. The summed E-state index contributed by atoms with van der Waals surface area (Å²) in [6, 6.07) is 17.5. The van der Waals surface area contributed by atoms with Crippen LogP contribution in [-0.4, -0.2) is 33.4 Å². The number of aryl methyl sites for hydroxylation is 1. The molecule has 0 saturated carbocycles. The van der Waals surface area contributed by atoms with Gasteiger partial charge in [0.15, 0.2) is 0 Å². The maximum Gasteiger partial charge on any atom is 0.111 e. The first-order valence-corrected chi connectivity index (χ1v) is 10.6. The van der Waals surface area contributed by atoms with Crippen LogP contribution in [0.5, 0.6) is 0 Å². The molecule has 1 aliphatic rings. The van der Waals surface area contributed by atoms with Gasteiger partial charge in [0.05, 0.1) is 11.0 Å². The molecule has 0 radical (unpaired) electrons. The Balaban J connectivity index is 1.63. The molecule has 0 spiro atoms. The van der Waals surface area contributed by atoms with Crippen molar-refractivity contribution < 1.29 is 0 Å². The van der Waals surface area contributed by atoms with Crippen molar-refractivity contribution in [2.24, 2.45) is 0 Å². The van der Waals surface area contributed by atoms with E-state index < -0.39 is 0 Å². The standard InChI is InChI=1S/C21H23BrClN3/c22-17-8-9-19-20(13-17)26(21(24-19)10-11-23)18-7-4-12-25(15-18)14-16-5-2-1-3-6-16/h1-3,5-6,8-9,13,18H,4,7,10-12,14-15H2. The van der Waals surface area contributed by atoms with Crippen LogP contribution in [0.1, 0.15) is 30.3 Å². The molecule has 0 bridgehead atoms. The molecule has 1 unspecified atom stereocenters. The molecule has 3 aromatic rings. The van der Waals surface area contributed by atoms with Gasteiger partial charge in [-0.2, -0.15) is 0 Å². The fourth-order valence-electron chi connectivity index (χ4n) is 4.01. The van der Waals surface area contributed by atoms with Crippen LogP contribution in [0, 0.1) is 0 Å². The summed E-state index contributed by atoms with van der Waals surface area (Å²) in [6.45, 7) is 3.23. The van der Waals surface area contributed by atoms with Crippen LogP contribution in [0.2, 0.25) is 0 Å². The summed E-state index contributed by atoms with van der Waals surface area (Å²) in [7, 11) is 0.